The fraction of sp³-hybridized carbons (Fsp3) is 0.529. The summed E-state index contributed by atoms with van der Waals surface area (Å²) in [5, 5.41) is 0. The maximum atomic E-state index is 12.4. The molecule has 1 aromatic rings. The highest BCUT2D eigenvalue weighted by Gasteiger charge is 2.36. The fourth-order valence-electron chi connectivity index (χ4n) is 3.35. The van der Waals surface area contributed by atoms with Crippen molar-refractivity contribution in [1.82, 2.24) is 9.62 Å². The topological polar surface area (TPSA) is 83.6 Å². The van der Waals surface area contributed by atoms with Gasteiger partial charge in [0.2, 0.25) is 10.0 Å². The Hall–Kier alpha value is -1.73. The first-order valence-corrected chi connectivity index (χ1v) is 9.99. The lowest BCUT2D eigenvalue weighted by Crippen LogP contribution is -2.41. The second-order valence-corrected chi connectivity index (χ2v) is 8.46. The van der Waals surface area contributed by atoms with E-state index < -0.39 is 21.8 Å². The van der Waals surface area contributed by atoms with E-state index in [1.54, 1.807) is 18.2 Å². The third-order valence-corrected chi connectivity index (χ3v) is 6.07. The number of carbonyl (C=O) groups excluding carboxylic acids is 2. The molecule has 0 radical (unpaired) electrons. The van der Waals surface area contributed by atoms with Gasteiger partial charge in [-0.2, -0.15) is 0 Å². The van der Waals surface area contributed by atoms with Crippen LogP contribution in [0.3, 0.4) is 0 Å². The molecule has 2 amide bonds. The number of nitrogens with one attached hydrogen (secondary N) is 1. The van der Waals surface area contributed by atoms with E-state index in [2.05, 4.69) is 4.72 Å². The first-order valence-electron chi connectivity index (χ1n) is 8.34. The Morgan fingerprint density at radius 1 is 1.08 bits per heavy atom. The minimum atomic E-state index is -3.51. The van der Waals surface area contributed by atoms with Crippen LogP contribution in [-0.4, -0.2) is 43.5 Å². The van der Waals surface area contributed by atoms with Crippen LogP contribution in [0, 0.1) is 6.92 Å². The molecular formula is C17H22N2O4S. The molecule has 0 atom stereocenters. The Balaban J connectivity index is 1.64. The number of benzene rings is 1. The predicted octanol–water partition coefficient (Wildman–Crippen LogP) is 1.84. The summed E-state index contributed by atoms with van der Waals surface area (Å²) in [7, 11) is -3.51. The molecule has 1 fully saturated rings. The number of sulfonamides is 1. The quantitative estimate of drug-likeness (QED) is 0.822. The van der Waals surface area contributed by atoms with Gasteiger partial charge in [0.1, 0.15) is 0 Å². The van der Waals surface area contributed by atoms with Gasteiger partial charge in [-0.3, -0.25) is 14.5 Å². The van der Waals surface area contributed by atoms with Gasteiger partial charge in [0.25, 0.3) is 11.8 Å². The van der Waals surface area contributed by atoms with Crippen molar-refractivity contribution in [2.75, 3.05) is 12.3 Å². The Morgan fingerprint density at radius 3 is 2.46 bits per heavy atom. The number of imide groups is 1. The first kappa shape index (κ1) is 17.1. The minimum Gasteiger partial charge on any atom is -0.273 e. The lowest BCUT2D eigenvalue weighted by Gasteiger charge is -2.23. The van der Waals surface area contributed by atoms with E-state index in [0.29, 0.717) is 11.1 Å². The number of carbonyl (C=O) groups is 2. The van der Waals surface area contributed by atoms with Crippen LogP contribution in [-0.2, 0) is 10.0 Å². The third-order valence-electron chi connectivity index (χ3n) is 4.66. The number of amides is 2. The van der Waals surface area contributed by atoms with Crippen LogP contribution < -0.4 is 4.72 Å². The van der Waals surface area contributed by atoms with Gasteiger partial charge >= 0.3 is 0 Å². The number of hydrogen-bond donors (Lipinski definition) is 1. The molecule has 24 heavy (non-hydrogen) atoms. The maximum Gasteiger partial charge on any atom is 0.261 e. The molecule has 2 aliphatic rings. The Labute approximate surface area is 142 Å². The van der Waals surface area contributed by atoms with Gasteiger partial charge in [0.05, 0.1) is 16.9 Å². The Bertz CT molecular complexity index is 767. The van der Waals surface area contributed by atoms with Crippen molar-refractivity contribution in [2.45, 2.75) is 45.1 Å². The zero-order valence-corrected chi connectivity index (χ0v) is 14.6. The highest BCUT2D eigenvalue weighted by atomic mass is 32.2. The summed E-state index contributed by atoms with van der Waals surface area (Å²) in [6.45, 7) is 1.73. The van der Waals surface area contributed by atoms with Gasteiger partial charge in [0.15, 0.2) is 0 Å². The summed E-state index contributed by atoms with van der Waals surface area (Å²) < 4.78 is 27.2. The highest BCUT2D eigenvalue weighted by Crippen LogP contribution is 2.24. The second-order valence-electron chi connectivity index (χ2n) is 6.58. The van der Waals surface area contributed by atoms with Gasteiger partial charge in [-0.1, -0.05) is 30.9 Å². The van der Waals surface area contributed by atoms with Crippen molar-refractivity contribution < 1.29 is 18.0 Å². The van der Waals surface area contributed by atoms with Crippen LogP contribution in [0.1, 0.15) is 58.4 Å². The van der Waals surface area contributed by atoms with Gasteiger partial charge in [0, 0.05) is 12.6 Å². The fourth-order valence-corrected chi connectivity index (χ4v) is 4.64. The number of nitrogens with zero attached hydrogens (tertiary/aromatic N) is 1. The van der Waals surface area contributed by atoms with E-state index in [9.17, 15) is 18.0 Å². The number of hydrogen-bond acceptors (Lipinski definition) is 4. The van der Waals surface area contributed by atoms with Crippen molar-refractivity contribution in [3.63, 3.8) is 0 Å². The zero-order chi connectivity index (χ0) is 17.3. The molecule has 0 spiro atoms. The largest absolute Gasteiger partial charge is 0.273 e. The number of aryl methyl sites for hydroxylation is 1. The Morgan fingerprint density at radius 2 is 1.75 bits per heavy atom. The van der Waals surface area contributed by atoms with E-state index in [1.165, 1.54) is 0 Å². The van der Waals surface area contributed by atoms with Crippen LogP contribution >= 0.6 is 0 Å². The zero-order valence-electron chi connectivity index (χ0n) is 13.7. The first-order chi connectivity index (χ1) is 11.4. The molecule has 1 aromatic carbocycles. The molecule has 0 aromatic heterocycles. The van der Waals surface area contributed by atoms with E-state index in [0.717, 1.165) is 42.6 Å². The molecule has 130 valence electrons. The molecule has 1 heterocycles. The summed E-state index contributed by atoms with van der Waals surface area (Å²) >= 11 is 0. The molecule has 1 aliphatic carbocycles. The normalized spacial score (nSPS) is 19.0. The molecule has 7 heteroatoms. The smallest absolute Gasteiger partial charge is 0.261 e. The van der Waals surface area contributed by atoms with E-state index in [4.69, 9.17) is 0 Å². The average molecular weight is 350 g/mol. The van der Waals surface area contributed by atoms with Crippen molar-refractivity contribution >= 4 is 21.8 Å². The molecule has 0 saturated heterocycles. The molecule has 1 N–H and O–H groups in total. The lowest BCUT2D eigenvalue weighted by atomic mass is 9.96. The van der Waals surface area contributed by atoms with Crippen molar-refractivity contribution in [3.8, 4) is 0 Å². The molecule has 6 nitrogen and oxygen atoms in total. The highest BCUT2D eigenvalue weighted by molar-refractivity contribution is 7.89. The van der Waals surface area contributed by atoms with Crippen molar-refractivity contribution in [1.29, 1.82) is 0 Å². The van der Waals surface area contributed by atoms with Crippen LogP contribution in [0.4, 0.5) is 0 Å². The SMILES string of the molecule is Cc1ccc2c(c1)C(=O)N(CCS(=O)(=O)NC1CCCCC1)C2=O. The Kier molecular flexibility index (Phi) is 4.73. The van der Waals surface area contributed by atoms with E-state index in [1.807, 2.05) is 6.92 Å². The van der Waals surface area contributed by atoms with Gasteiger partial charge in [-0.15, -0.1) is 0 Å². The molecule has 0 unspecified atom stereocenters. The summed E-state index contributed by atoms with van der Waals surface area (Å²) in [5.41, 5.74) is 1.60. The maximum absolute atomic E-state index is 12.4. The summed E-state index contributed by atoms with van der Waals surface area (Å²) in [6, 6.07) is 5.05. The number of fused-ring (bicyclic) bond motifs is 1. The molecule has 1 saturated carbocycles. The predicted molar refractivity (Wildman–Crippen MR) is 90.3 cm³/mol. The number of rotatable bonds is 5. The minimum absolute atomic E-state index is 0.0198. The second kappa shape index (κ2) is 6.64. The summed E-state index contributed by atoms with van der Waals surface area (Å²) in [6.07, 6.45) is 4.92. The molecule has 0 bridgehead atoms. The van der Waals surface area contributed by atoms with Gasteiger partial charge in [-0.25, -0.2) is 13.1 Å². The van der Waals surface area contributed by atoms with Gasteiger partial charge in [-0.05, 0) is 31.9 Å². The van der Waals surface area contributed by atoms with Crippen LogP contribution in [0.15, 0.2) is 18.2 Å². The molecular weight excluding hydrogens is 328 g/mol. The standard InChI is InChI=1S/C17H22N2O4S/c1-12-7-8-14-15(11-12)17(21)19(16(14)20)9-10-24(22,23)18-13-5-3-2-4-6-13/h7-8,11,13,18H,2-6,9-10H2,1H3. The van der Waals surface area contributed by atoms with E-state index in [-0.39, 0.29) is 18.3 Å². The third kappa shape index (κ3) is 3.52. The van der Waals surface area contributed by atoms with Crippen LogP contribution in [0.2, 0.25) is 0 Å². The summed E-state index contributed by atoms with van der Waals surface area (Å²) in [4.78, 5) is 25.7. The average Bonchev–Trinajstić information content (AvgIpc) is 2.77. The van der Waals surface area contributed by atoms with Gasteiger partial charge < -0.3 is 0 Å². The van der Waals surface area contributed by atoms with Crippen LogP contribution in [0.25, 0.3) is 0 Å². The molecule has 3 rings (SSSR count). The van der Waals surface area contributed by atoms with E-state index >= 15 is 0 Å². The van der Waals surface area contributed by atoms with Crippen molar-refractivity contribution in [3.05, 3.63) is 34.9 Å². The van der Waals surface area contributed by atoms with Crippen LogP contribution in [0.5, 0.6) is 0 Å². The summed E-state index contributed by atoms with van der Waals surface area (Å²) in [5.74, 6) is -1.08. The molecule has 1 aliphatic heterocycles. The monoisotopic (exact) mass is 350 g/mol. The lowest BCUT2D eigenvalue weighted by molar-refractivity contribution is 0.0664. The van der Waals surface area contributed by atoms with Crippen molar-refractivity contribution in [2.24, 2.45) is 0 Å².